The van der Waals surface area contributed by atoms with Gasteiger partial charge in [-0.1, -0.05) is 24.3 Å². The summed E-state index contributed by atoms with van der Waals surface area (Å²) in [5.41, 5.74) is 2.02. The number of aryl methyl sites for hydroxylation is 1. The van der Waals surface area contributed by atoms with Crippen LogP contribution in [-0.2, 0) is 4.79 Å². The molecule has 9 heteroatoms. The van der Waals surface area contributed by atoms with Gasteiger partial charge in [0.25, 0.3) is 12.4 Å². The number of amides is 1. The first kappa shape index (κ1) is 17.7. The molecule has 0 spiro atoms. The molecule has 0 fully saturated rings. The minimum absolute atomic E-state index is 0.0993. The molecule has 0 aliphatic carbocycles. The van der Waals surface area contributed by atoms with Gasteiger partial charge in [0.05, 0.1) is 11.8 Å². The number of halogens is 1. The maximum Gasteiger partial charge on any atom is 0.290 e. The van der Waals surface area contributed by atoms with E-state index < -0.39 is 11.7 Å². The molecule has 8 nitrogen and oxygen atoms in total. The molecule has 3 N–H and O–H groups in total. The highest BCUT2D eigenvalue weighted by molar-refractivity contribution is 6.03. The molecule has 0 saturated carbocycles. The Morgan fingerprint density at radius 3 is 2.72 bits per heavy atom. The number of nitrogens with zero attached hydrogens (tertiary/aromatic N) is 3. The first-order chi connectivity index (χ1) is 12.0. The summed E-state index contributed by atoms with van der Waals surface area (Å²) in [6.45, 7) is 1.70. The fourth-order valence-corrected chi connectivity index (χ4v) is 1.99. The normalized spacial score (nSPS) is 9.68. The molecule has 3 rings (SSSR count). The van der Waals surface area contributed by atoms with Crippen LogP contribution in [0.2, 0.25) is 0 Å². The number of benzene rings is 1. The third kappa shape index (κ3) is 4.67. The van der Waals surface area contributed by atoms with Crippen molar-refractivity contribution in [2.45, 2.75) is 6.92 Å². The quantitative estimate of drug-likeness (QED) is 0.627. The number of carboxylic acid groups (broad SMARTS) is 1. The molecule has 0 bridgehead atoms. The second kappa shape index (κ2) is 8.29. The van der Waals surface area contributed by atoms with Crippen LogP contribution < -0.4 is 5.32 Å². The first-order valence-electron chi connectivity index (χ1n) is 7.03. The Hall–Kier alpha value is -3.62. The number of carbonyl (C=O) groups excluding carboxylic acids is 1. The van der Waals surface area contributed by atoms with E-state index in [0.717, 1.165) is 23.4 Å². The molecule has 2 heterocycles. The zero-order chi connectivity index (χ0) is 18.2. The van der Waals surface area contributed by atoms with Crippen molar-refractivity contribution in [2.75, 3.05) is 5.32 Å². The van der Waals surface area contributed by atoms with Crippen molar-refractivity contribution in [1.82, 2.24) is 20.2 Å². The van der Waals surface area contributed by atoms with Gasteiger partial charge >= 0.3 is 0 Å². The SMILES string of the molecule is Cc1ccccc1-c1nc(NC(=O)c2cncc(F)c2)n[nH]1.O=CO. The topological polar surface area (TPSA) is 121 Å². The Morgan fingerprint density at radius 2 is 2.04 bits per heavy atom. The molecule has 1 amide bonds. The molecular weight excluding hydrogens is 329 g/mol. The van der Waals surface area contributed by atoms with Crippen LogP contribution in [0.4, 0.5) is 10.3 Å². The Kier molecular flexibility index (Phi) is 5.88. The predicted molar refractivity (Wildman–Crippen MR) is 87.4 cm³/mol. The van der Waals surface area contributed by atoms with Crippen LogP contribution in [0.25, 0.3) is 11.4 Å². The van der Waals surface area contributed by atoms with Crippen LogP contribution in [0.1, 0.15) is 15.9 Å². The average molecular weight is 343 g/mol. The highest BCUT2D eigenvalue weighted by atomic mass is 19.1. The number of hydrogen-bond donors (Lipinski definition) is 3. The fraction of sp³-hybridized carbons (Fsp3) is 0.0625. The smallest absolute Gasteiger partial charge is 0.290 e. The fourth-order valence-electron chi connectivity index (χ4n) is 1.99. The molecule has 0 aliphatic rings. The third-order valence-electron chi connectivity index (χ3n) is 3.08. The van der Waals surface area contributed by atoms with Crippen LogP contribution in [0.3, 0.4) is 0 Å². The molecule has 0 saturated heterocycles. The van der Waals surface area contributed by atoms with E-state index in [1.54, 1.807) is 0 Å². The minimum Gasteiger partial charge on any atom is -0.483 e. The van der Waals surface area contributed by atoms with Crippen LogP contribution in [0, 0.1) is 12.7 Å². The molecule has 25 heavy (non-hydrogen) atoms. The molecule has 0 unspecified atom stereocenters. The summed E-state index contributed by atoms with van der Waals surface area (Å²) in [4.78, 5) is 28.2. The highest BCUT2D eigenvalue weighted by Crippen LogP contribution is 2.20. The Bertz CT molecular complexity index is 881. The first-order valence-corrected chi connectivity index (χ1v) is 7.03. The van der Waals surface area contributed by atoms with Gasteiger partial charge < -0.3 is 5.11 Å². The van der Waals surface area contributed by atoms with Crippen molar-refractivity contribution in [3.05, 3.63) is 59.7 Å². The van der Waals surface area contributed by atoms with E-state index in [4.69, 9.17) is 9.90 Å². The zero-order valence-corrected chi connectivity index (χ0v) is 13.1. The van der Waals surface area contributed by atoms with Crippen molar-refractivity contribution >= 4 is 18.3 Å². The van der Waals surface area contributed by atoms with Crippen molar-refractivity contribution in [3.8, 4) is 11.4 Å². The maximum absolute atomic E-state index is 13.1. The summed E-state index contributed by atoms with van der Waals surface area (Å²) in [5.74, 6) is -0.441. The number of pyridine rings is 1. The van der Waals surface area contributed by atoms with Gasteiger partial charge in [-0.3, -0.25) is 25.0 Å². The maximum atomic E-state index is 13.1. The summed E-state index contributed by atoms with van der Waals surface area (Å²) in [7, 11) is 0. The average Bonchev–Trinajstić information content (AvgIpc) is 3.04. The molecule has 0 atom stereocenters. The van der Waals surface area contributed by atoms with Crippen molar-refractivity contribution in [1.29, 1.82) is 0 Å². The largest absolute Gasteiger partial charge is 0.483 e. The lowest BCUT2D eigenvalue weighted by molar-refractivity contribution is -0.122. The van der Waals surface area contributed by atoms with Crippen LogP contribution in [-0.4, -0.2) is 37.7 Å². The zero-order valence-electron chi connectivity index (χ0n) is 13.1. The number of anilines is 1. The van der Waals surface area contributed by atoms with Crippen molar-refractivity contribution in [2.24, 2.45) is 0 Å². The molecule has 2 aromatic heterocycles. The van der Waals surface area contributed by atoms with Crippen molar-refractivity contribution < 1.29 is 19.1 Å². The molecule has 1 aromatic carbocycles. The lowest BCUT2D eigenvalue weighted by Gasteiger charge is -2.01. The van der Waals surface area contributed by atoms with E-state index in [2.05, 4.69) is 25.5 Å². The Morgan fingerprint density at radius 1 is 1.32 bits per heavy atom. The van der Waals surface area contributed by atoms with E-state index in [9.17, 15) is 9.18 Å². The number of rotatable bonds is 3. The van der Waals surface area contributed by atoms with Gasteiger partial charge in [0.2, 0.25) is 5.95 Å². The van der Waals surface area contributed by atoms with E-state index in [1.807, 2.05) is 31.2 Å². The summed E-state index contributed by atoms with van der Waals surface area (Å²) < 4.78 is 13.1. The molecule has 128 valence electrons. The third-order valence-corrected chi connectivity index (χ3v) is 3.08. The van der Waals surface area contributed by atoms with Gasteiger partial charge in [-0.15, -0.1) is 5.10 Å². The monoisotopic (exact) mass is 343 g/mol. The van der Waals surface area contributed by atoms with Gasteiger partial charge in [-0.2, -0.15) is 4.98 Å². The van der Waals surface area contributed by atoms with Crippen LogP contribution in [0.5, 0.6) is 0 Å². The summed E-state index contributed by atoms with van der Waals surface area (Å²) in [6.07, 6.45) is 2.30. The molecule has 0 aliphatic heterocycles. The van der Waals surface area contributed by atoms with E-state index in [0.29, 0.717) is 5.82 Å². The highest BCUT2D eigenvalue weighted by Gasteiger charge is 2.12. The van der Waals surface area contributed by atoms with Gasteiger partial charge in [-0.25, -0.2) is 4.39 Å². The molecular formula is C16H14FN5O3. The van der Waals surface area contributed by atoms with Crippen LogP contribution in [0.15, 0.2) is 42.7 Å². The number of hydrogen-bond acceptors (Lipinski definition) is 5. The summed E-state index contributed by atoms with van der Waals surface area (Å²) >= 11 is 0. The number of aromatic amines is 1. The second-order valence-corrected chi connectivity index (χ2v) is 4.77. The van der Waals surface area contributed by atoms with E-state index >= 15 is 0 Å². The number of H-pyrrole nitrogens is 1. The molecule has 3 aromatic rings. The lowest BCUT2D eigenvalue weighted by Crippen LogP contribution is -2.13. The summed E-state index contributed by atoms with van der Waals surface area (Å²) in [5, 5.41) is 16.1. The second-order valence-electron chi connectivity index (χ2n) is 4.77. The molecule has 0 radical (unpaired) electrons. The van der Waals surface area contributed by atoms with Gasteiger partial charge in [0, 0.05) is 11.8 Å². The Labute approximate surface area is 141 Å². The minimum atomic E-state index is -0.580. The number of nitrogens with one attached hydrogen (secondary N) is 2. The van der Waals surface area contributed by atoms with Crippen LogP contribution >= 0.6 is 0 Å². The standard InChI is InChI=1S/C15H12FN5O.CH2O2/c1-9-4-2-3-5-12(9)13-18-15(21-20-13)19-14(22)10-6-11(16)8-17-7-10;2-1-3/h2-8H,1H3,(H2,18,19,20,21,22);1H,(H,2,3). The van der Waals surface area contributed by atoms with Gasteiger partial charge in [0.1, 0.15) is 5.82 Å². The predicted octanol–water partition coefficient (Wildman–Crippen LogP) is 2.27. The van der Waals surface area contributed by atoms with E-state index in [1.165, 1.54) is 6.20 Å². The number of carbonyl (C=O) groups is 2. The van der Waals surface area contributed by atoms with E-state index in [-0.39, 0.29) is 18.0 Å². The Balaban J connectivity index is 0.000000701. The van der Waals surface area contributed by atoms with Crippen molar-refractivity contribution in [3.63, 3.8) is 0 Å². The van der Waals surface area contributed by atoms with Gasteiger partial charge in [0.15, 0.2) is 5.82 Å². The van der Waals surface area contributed by atoms with Gasteiger partial charge in [-0.05, 0) is 18.6 Å². The lowest BCUT2D eigenvalue weighted by atomic mass is 10.1. The number of aromatic nitrogens is 4. The summed E-state index contributed by atoms with van der Waals surface area (Å²) in [6, 6.07) is 8.76.